The minimum Gasteiger partial charge on any atom is -0.444 e. The lowest BCUT2D eigenvalue weighted by Crippen LogP contribution is -2.41. The number of nitrogens with zero attached hydrogens (tertiary/aromatic N) is 1. The van der Waals surface area contributed by atoms with E-state index in [4.69, 9.17) is 4.74 Å². The van der Waals surface area contributed by atoms with Gasteiger partial charge in [-0.05, 0) is 62.8 Å². The van der Waals surface area contributed by atoms with Crippen molar-refractivity contribution in [1.29, 1.82) is 0 Å². The largest absolute Gasteiger partial charge is 0.444 e. The van der Waals surface area contributed by atoms with Crippen LogP contribution in [0.1, 0.15) is 39.2 Å². The van der Waals surface area contributed by atoms with E-state index in [1.165, 1.54) is 5.56 Å². The van der Waals surface area contributed by atoms with Gasteiger partial charge in [0.05, 0.1) is 0 Å². The molecule has 0 spiro atoms. The van der Waals surface area contributed by atoms with Gasteiger partial charge in [-0.15, -0.1) is 0 Å². The van der Waals surface area contributed by atoms with Gasteiger partial charge >= 0.3 is 6.09 Å². The summed E-state index contributed by atoms with van der Waals surface area (Å²) in [6.07, 6.45) is 1.67. The summed E-state index contributed by atoms with van der Waals surface area (Å²) in [5.41, 5.74) is 1.91. The molecule has 1 aliphatic rings. The first-order chi connectivity index (χ1) is 10.3. The normalized spacial score (nSPS) is 16.5. The number of rotatable bonds is 2. The van der Waals surface area contributed by atoms with Crippen LogP contribution in [0.5, 0.6) is 0 Å². The lowest BCUT2D eigenvalue weighted by molar-refractivity contribution is 0.0200. The Hall–Kier alpha value is -1.29. The second kappa shape index (κ2) is 6.86. The fourth-order valence-corrected chi connectivity index (χ4v) is 2.90. The molecule has 0 atom stereocenters. The van der Waals surface area contributed by atoms with E-state index in [-0.39, 0.29) is 6.09 Å². The highest BCUT2D eigenvalue weighted by molar-refractivity contribution is 9.10. The highest BCUT2D eigenvalue weighted by atomic mass is 79.9. The fourth-order valence-electron chi connectivity index (χ4n) is 2.64. The Morgan fingerprint density at radius 1 is 1.23 bits per heavy atom. The van der Waals surface area contributed by atoms with Gasteiger partial charge in [0, 0.05) is 17.6 Å². The molecule has 1 aromatic carbocycles. The van der Waals surface area contributed by atoms with Crippen molar-refractivity contribution in [2.24, 2.45) is 5.92 Å². The summed E-state index contributed by atoms with van der Waals surface area (Å²) in [6, 6.07) is 8.26. The molecule has 0 saturated carbocycles. The summed E-state index contributed by atoms with van der Waals surface area (Å²) in [5.74, 6) is 0.430. The number of allylic oxidation sites excluding steroid dienone is 1. The van der Waals surface area contributed by atoms with E-state index in [2.05, 4.69) is 34.6 Å². The summed E-state index contributed by atoms with van der Waals surface area (Å²) in [6.45, 7) is 11.4. The number of amides is 1. The summed E-state index contributed by atoms with van der Waals surface area (Å²) in [4.78, 5) is 13.9. The number of benzene rings is 1. The Labute approximate surface area is 141 Å². The van der Waals surface area contributed by atoms with Crippen LogP contribution in [0.15, 0.2) is 35.3 Å². The number of likely N-dealkylation sites (tertiary alicyclic amines) is 1. The van der Waals surface area contributed by atoms with E-state index in [0.29, 0.717) is 5.92 Å². The van der Waals surface area contributed by atoms with Crippen LogP contribution >= 0.6 is 15.9 Å². The molecule has 0 N–H and O–H groups in total. The van der Waals surface area contributed by atoms with E-state index in [9.17, 15) is 4.79 Å². The smallest absolute Gasteiger partial charge is 0.410 e. The van der Waals surface area contributed by atoms with Gasteiger partial charge in [0.15, 0.2) is 0 Å². The summed E-state index contributed by atoms with van der Waals surface area (Å²) >= 11 is 3.45. The SMILES string of the molecule is C=C(c1ccc(Br)cc1)C1CCN(C(=O)OC(C)(C)C)CC1. The van der Waals surface area contributed by atoms with Crippen LogP contribution in [0.4, 0.5) is 4.79 Å². The molecule has 0 bridgehead atoms. The predicted molar refractivity (Wildman–Crippen MR) is 93.7 cm³/mol. The molecule has 4 heteroatoms. The van der Waals surface area contributed by atoms with Crippen molar-refractivity contribution in [2.75, 3.05) is 13.1 Å². The standard InChI is InChI=1S/C18H24BrNO2/c1-13(14-5-7-16(19)8-6-14)15-9-11-20(12-10-15)17(21)22-18(2,3)4/h5-8,15H,1,9-12H2,2-4H3. The van der Waals surface area contributed by atoms with Gasteiger partial charge in [0.25, 0.3) is 0 Å². The third kappa shape index (κ3) is 4.60. The highest BCUT2D eigenvalue weighted by Gasteiger charge is 2.28. The Bertz CT molecular complexity index is 537. The molecule has 0 radical (unpaired) electrons. The van der Waals surface area contributed by atoms with Crippen LogP contribution in [0, 0.1) is 5.92 Å². The van der Waals surface area contributed by atoms with Crippen LogP contribution in [0.3, 0.4) is 0 Å². The highest BCUT2D eigenvalue weighted by Crippen LogP contribution is 2.31. The van der Waals surface area contributed by atoms with Crippen LogP contribution in [-0.2, 0) is 4.74 Å². The molecule has 1 heterocycles. The summed E-state index contributed by atoms with van der Waals surface area (Å²) < 4.78 is 6.50. The maximum Gasteiger partial charge on any atom is 0.410 e. The average Bonchev–Trinajstić information content (AvgIpc) is 2.46. The number of ether oxygens (including phenoxy) is 1. The third-order valence-electron chi connectivity index (χ3n) is 3.85. The average molecular weight is 366 g/mol. The molecule has 2 rings (SSSR count). The number of halogens is 1. The third-order valence-corrected chi connectivity index (χ3v) is 4.38. The van der Waals surface area contributed by atoms with Gasteiger partial charge in [-0.1, -0.05) is 34.6 Å². The van der Waals surface area contributed by atoms with Crippen molar-refractivity contribution < 1.29 is 9.53 Å². The quantitative estimate of drug-likeness (QED) is 0.728. The zero-order chi connectivity index (χ0) is 16.3. The van der Waals surface area contributed by atoms with Crippen molar-refractivity contribution in [1.82, 2.24) is 4.90 Å². The van der Waals surface area contributed by atoms with Gasteiger partial charge in [0.1, 0.15) is 5.60 Å². The molecule has 1 aliphatic heterocycles. The maximum absolute atomic E-state index is 12.1. The molecule has 0 aromatic heterocycles. The molecular weight excluding hydrogens is 342 g/mol. The van der Waals surface area contributed by atoms with Gasteiger partial charge in [0.2, 0.25) is 0 Å². The van der Waals surface area contributed by atoms with Crippen LogP contribution in [0.2, 0.25) is 0 Å². The van der Waals surface area contributed by atoms with Gasteiger partial charge in [-0.3, -0.25) is 0 Å². The molecule has 1 saturated heterocycles. The Kier molecular flexibility index (Phi) is 5.32. The molecule has 120 valence electrons. The fraction of sp³-hybridized carbons (Fsp3) is 0.500. The Balaban J connectivity index is 1.90. The molecule has 1 amide bonds. The number of carbonyl (C=O) groups excluding carboxylic acids is 1. The van der Waals surface area contributed by atoms with Crippen molar-refractivity contribution >= 4 is 27.6 Å². The minimum atomic E-state index is -0.436. The van der Waals surface area contributed by atoms with Crippen LogP contribution < -0.4 is 0 Å². The predicted octanol–water partition coefficient (Wildman–Crippen LogP) is 5.11. The Morgan fingerprint density at radius 3 is 2.27 bits per heavy atom. The van der Waals surface area contributed by atoms with Crippen molar-refractivity contribution in [3.05, 3.63) is 40.9 Å². The lowest BCUT2D eigenvalue weighted by Gasteiger charge is -2.34. The molecule has 1 fully saturated rings. The van der Waals surface area contributed by atoms with Crippen LogP contribution in [-0.4, -0.2) is 29.7 Å². The number of hydrogen-bond donors (Lipinski definition) is 0. The van der Waals surface area contributed by atoms with E-state index in [1.54, 1.807) is 4.90 Å². The zero-order valence-corrected chi connectivity index (χ0v) is 15.1. The second-order valence-corrected chi connectivity index (χ2v) is 7.69. The topological polar surface area (TPSA) is 29.5 Å². The number of piperidine rings is 1. The second-order valence-electron chi connectivity index (χ2n) is 6.77. The maximum atomic E-state index is 12.1. The monoisotopic (exact) mass is 365 g/mol. The van der Waals surface area contributed by atoms with E-state index in [1.807, 2.05) is 32.9 Å². The van der Waals surface area contributed by atoms with Gasteiger partial charge in [-0.2, -0.15) is 0 Å². The van der Waals surface area contributed by atoms with E-state index < -0.39 is 5.60 Å². The van der Waals surface area contributed by atoms with Gasteiger partial charge < -0.3 is 9.64 Å². The van der Waals surface area contributed by atoms with E-state index >= 15 is 0 Å². The van der Waals surface area contributed by atoms with Crippen molar-refractivity contribution in [3.8, 4) is 0 Å². The summed E-state index contributed by atoms with van der Waals surface area (Å²) in [5, 5.41) is 0. The van der Waals surface area contributed by atoms with E-state index in [0.717, 1.165) is 36.0 Å². The Morgan fingerprint density at radius 2 is 1.77 bits per heavy atom. The lowest BCUT2D eigenvalue weighted by atomic mass is 9.86. The molecule has 0 aliphatic carbocycles. The molecule has 22 heavy (non-hydrogen) atoms. The first-order valence-corrected chi connectivity index (χ1v) is 8.48. The van der Waals surface area contributed by atoms with Gasteiger partial charge in [-0.25, -0.2) is 4.79 Å². The number of carbonyl (C=O) groups is 1. The number of hydrogen-bond acceptors (Lipinski definition) is 2. The minimum absolute atomic E-state index is 0.208. The molecule has 3 nitrogen and oxygen atoms in total. The zero-order valence-electron chi connectivity index (χ0n) is 13.6. The van der Waals surface area contributed by atoms with Crippen LogP contribution in [0.25, 0.3) is 5.57 Å². The molecule has 0 unspecified atom stereocenters. The first kappa shape index (κ1) is 17.1. The summed E-state index contributed by atoms with van der Waals surface area (Å²) in [7, 11) is 0. The molecular formula is C18H24BrNO2. The van der Waals surface area contributed by atoms with Crippen molar-refractivity contribution in [3.63, 3.8) is 0 Å². The van der Waals surface area contributed by atoms with Crippen molar-refractivity contribution in [2.45, 2.75) is 39.2 Å². The molecule has 1 aromatic rings. The first-order valence-electron chi connectivity index (χ1n) is 7.69.